The lowest BCUT2D eigenvalue weighted by atomic mass is 10.1. The second-order valence-corrected chi connectivity index (χ2v) is 10.7. The van der Waals surface area contributed by atoms with Gasteiger partial charge >= 0.3 is 0 Å². The van der Waals surface area contributed by atoms with Crippen LogP contribution < -0.4 is 19.1 Å². The van der Waals surface area contributed by atoms with Crippen molar-refractivity contribution in [3.05, 3.63) is 77.9 Å². The van der Waals surface area contributed by atoms with Crippen LogP contribution in [0, 0.1) is 6.92 Å². The Morgan fingerprint density at radius 2 is 1.53 bits per heavy atom. The Morgan fingerprint density at radius 1 is 0.868 bits per heavy atom. The first-order valence-corrected chi connectivity index (χ1v) is 13.4. The summed E-state index contributed by atoms with van der Waals surface area (Å²) in [4.78, 5) is 27.7. The van der Waals surface area contributed by atoms with Gasteiger partial charge < -0.3 is 14.2 Å². The van der Waals surface area contributed by atoms with Gasteiger partial charge in [-0.25, -0.2) is 13.3 Å². The molecule has 0 N–H and O–H groups in total. The molecule has 0 aromatic heterocycles. The van der Waals surface area contributed by atoms with Crippen molar-refractivity contribution in [3.63, 3.8) is 0 Å². The van der Waals surface area contributed by atoms with E-state index in [9.17, 15) is 18.0 Å². The molecule has 1 aliphatic rings. The number of ether oxygens (including phenoxy) is 3. The fourth-order valence-corrected chi connectivity index (χ4v) is 5.99. The Labute approximate surface area is 222 Å². The molecule has 1 aliphatic heterocycles. The van der Waals surface area contributed by atoms with Crippen LogP contribution in [0.5, 0.6) is 17.2 Å². The summed E-state index contributed by atoms with van der Waals surface area (Å²) in [6.45, 7) is 1.84. The summed E-state index contributed by atoms with van der Waals surface area (Å²) in [6.07, 6.45) is 0.0217. The predicted octanol–water partition coefficient (Wildman–Crippen LogP) is 3.59. The van der Waals surface area contributed by atoms with Crippen molar-refractivity contribution in [2.24, 2.45) is 0 Å². The molecule has 0 saturated carbocycles. The number of imide groups is 1. The number of rotatable bonds is 10. The molecule has 2 amide bonds. The van der Waals surface area contributed by atoms with Gasteiger partial charge in [-0.1, -0.05) is 23.8 Å². The Balaban J connectivity index is 1.68. The highest BCUT2D eigenvalue weighted by atomic mass is 32.2. The summed E-state index contributed by atoms with van der Waals surface area (Å²) in [5.41, 5.74) is 2.05. The highest BCUT2D eigenvalue weighted by Gasteiger charge is 2.46. The lowest BCUT2D eigenvalue weighted by Crippen LogP contribution is -2.46. The molecule has 3 aromatic carbocycles. The average molecular weight is 539 g/mol. The number of methoxy groups -OCH3 is 3. The van der Waals surface area contributed by atoms with Crippen LogP contribution in [0.15, 0.2) is 71.6 Å². The number of anilines is 1. The maximum Gasteiger partial charge on any atom is 0.252 e. The summed E-state index contributed by atoms with van der Waals surface area (Å²) in [6, 6.07) is 17.0. The monoisotopic (exact) mass is 538 g/mol. The van der Waals surface area contributed by atoms with Crippen molar-refractivity contribution in [1.82, 2.24) is 4.31 Å². The normalized spacial score (nSPS) is 15.7. The van der Waals surface area contributed by atoms with Gasteiger partial charge in [-0.05, 0) is 67.4 Å². The molecule has 1 saturated heterocycles. The fraction of sp³-hybridized carbons (Fsp3) is 0.286. The zero-order valence-electron chi connectivity index (χ0n) is 21.7. The molecular weight excluding hydrogens is 508 g/mol. The first kappa shape index (κ1) is 27.2. The second kappa shape index (κ2) is 11.2. The molecule has 1 atom stereocenters. The van der Waals surface area contributed by atoms with Crippen LogP contribution in [0.2, 0.25) is 0 Å². The third-order valence-electron chi connectivity index (χ3n) is 6.50. The maximum absolute atomic E-state index is 13.8. The molecule has 1 heterocycles. The van der Waals surface area contributed by atoms with Crippen molar-refractivity contribution in [1.29, 1.82) is 0 Å². The molecule has 38 heavy (non-hydrogen) atoms. The van der Waals surface area contributed by atoms with Crippen LogP contribution in [-0.4, -0.2) is 58.5 Å². The number of hydrogen-bond acceptors (Lipinski definition) is 7. The number of sulfonamides is 1. The number of benzene rings is 3. The fourth-order valence-electron chi connectivity index (χ4n) is 4.41. The summed E-state index contributed by atoms with van der Waals surface area (Å²) >= 11 is 0. The molecule has 0 aliphatic carbocycles. The molecule has 1 fully saturated rings. The van der Waals surface area contributed by atoms with Crippen LogP contribution in [0.1, 0.15) is 17.5 Å². The number of nitrogens with zero attached hydrogens (tertiary/aromatic N) is 2. The van der Waals surface area contributed by atoms with E-state index >= 15 is 0 Å². The van der Waals surface area contributed by atoms with Crippen molar-refractivity contribution in [2.75, 3.05) is 32.8 Å². The van der Waals surface area contributed by atoms with Crippen LogP contribution in [0.3, 0.4) is 0 Å². The molecule has 4 rings (SSSR count). The van der Waals surface area contributed by atoms with Crippen molar-refractivity contribution >= 4 is 27.5 Å². The third-order valence-corrected chi connectivity index (χ3v) is 8.42. The van der Waals surface area contributed by atoms with E-state index in [0.717, 1.165) is 20.3 Å². The van der Waals surface area contributed by atoms with E-state index in [1.807, 2.05) is 13.0 Å². The molecular formula is C28H30N2O7S. The summed E-state index contributed by atoms with van der Waals surface area (Å²) in [5, 5.41) is 0. The third kappa shape index (κ3) is 5.36. The van der Waals surface area contributed by atoms with Gasteiger partial charge in [0.05, 0.1) is 38.3 Å². The molecule has 0 bridgehead atoms. The van der Waals surface area contributed by atoms with Gasteiger partial charge in [0, 0.05) is 6.54 Å². The number of aryl methyl sites for hydroxylation is 1. The van der Waals surface area contributed by atoms with Crippen LogP contribution in [0.25, 0.3) is 0 Å². The Hall–Kier alpha value is -3.89. The van der Waals surface area contributed by atoms with E-state index < -0.39 is 27.9 Å². The van der Waals surface area contributed by atoms with Crippen LogP contribution in [-0.2, 0) is 26.0 Å². The molecule has 1 unspecified atom stereocenters. The molecule has 0 spiro atoms. The minimum Gasteiger partial charge on any atom is -0.497 e. The summed E-state index contributed by atoms with van der Waals surface area (Å²) in [7, 11) is 0.455. The lowest BCUT2D eigenvalue weighted by molar-refractivity contribution is -0.122. The van der Waals surface area contributed by atoms with Crippen molar-refractivity contribution < 1.29 is 32.2 Å². The highest BCUT2D eigenvalue weighted by molar-refractivity contribution is 7.89. The average Bonchev–Trinajstić information content (AvgIpc) is 3.21. The van der Waals surface area contributed by atoms with E-state index in [1.54, 1.807) is 48.5 Å². The minimum atomic E-state index is -4.11. The smallest absolute Gasteiger partial charge is 0.252 e. The number of hydrogen-bond donors (Lipinski definition) is 0. The minimum absolute atomic E-state index is 0.0220. The Kier molecular flexibility index (Phi) is 8.03. The summed E-state index contributed by atoms with van der Waals surface area (Å²) in [5.74, 6) is 0.564. The van der Waals surface area contributed by atoms with Gasteiger partial charge in [0.15, 0.2) is 11.5 Å². The molecule has 0 radical (unpaired) electrons. The first-order chi connectivity index (χ1) is 18.2. The Morgan fingerprint density at radius 3 is 2.13 bits per heavy atom. The number of carbonyl (C=O) groups is 2. The van der Waals surface area contributed by atoms with Gasteiger partial charge in [0.25, 0.3) is 5.91 Å². The molecule has 9 nitrogen and oxygen atoms in total. The van der Waals surface area contributed by atoms with E-state index in [0.29, 0.717) is 22.9 Å². The van der Waals surface area contributed by atoms with Gasteiger partial charge in [0.1, 0.15) is 11.8 Å². The summed E-state index contributed by atoms with van der Waals surface area (Å²) < 4.78 is 44.6. The van der Waals surface area contributed by atoms with Gasteiger partial charge in [-0.3, -0.25) is 9.59 Å². The van der Waals surface area contributed by atoms with Crippen LogP contribution in [0.4, 0.5) is 5.69 Å². The van der Waals surface area contributed by atoms with Gasteiger partial charge in [-0.2, -0.15) is 4.31 Å². The van der Waals surface area contributed by atoms with E-state index in [4.69, 9.17) is 14.2 Å². The zero-order chi connectivity index (χ0) is 27.4. The van der Waals surface area contributed by atoms with Crippen LogP contribution >= 0.6 is 0 Å². The molecule has 200 valence electrons. The van der Waals surface area contributed by atoms with Gasteiger partial charge in [0.2, 0.25) is 15.9 Å². The topological polar surface area (TPSA) is 102 Å². The largest absolute Gasteiger partial charge is 0.497 e. The molecule has 3 aromatic rings. The Bertz CT molecular complexity index is 1420. The first-order valence-electron chi connectivity index (χ1n) is 12.0. The molecule has 10 heteroatoms. The second-order valence-electron chi connectivity index (χ2n) is 8.85. The highest BCUT2D eigenvalue weighted by Crippen LogP contribution is 2.32. The maximum atomic E-state index is 13.8. The van der Waals surface area contributed by atoms with E-state index in [1.165, 1.54) is 33.5 Å². The quantitative estimate of drug-likeness (QED) is 0.364. The van der Waals surface area contributed by atoms with E-state index in [2.05, 4.69) is 0 Å². The lowest BCUT2D eigenvalue weighted by Gasteiger charge is -2.27. The predicted molar refractivity (Wildman–Crippen MR) is 142 cm³/mol. The van der Waals surface area contributed by atoms with E-state index in [-0.39, 0.29) is 24.3 Å². The number of carbonyl (C=O) groups excluding carboxylic acids is 2. The van der Waals surface area contributed by atoms with Gasteiger partial charge in [-0.15, -0.1) is 0 Å². The van der Waals surface area contributed by atoms with Crippen molar-refractivity contribution in [2.45, 2.75) is 30.7 Å². The standard InChI is InChI=1S/C28H30N2O7S/c1-19-5-12-23(13-6-19)38(33,34)29(16-15-20-7-14-25(36-3)26(17-20)37-4)24-18-27(31)30(28(24)32)21-8-10-22(35-2)11-9-21/h5-14,17,24H,15-16,18H2,1-4H3. The zero-order valence-corrected chi connectivity index (χ0v) is 22.5. The van der Waals surface area contributed by atoms with Crippen molar-refractivity contribution in [3.8, 4) is 17.2 Å². The number of amides is 2. The SMILES string of the molecule is COc1ccc(N2C(=O)CC(N(CCc3ccc(OC)c(OC)c3)S(=O)(=O)c3ccc(C)cc3)C2=O)cc1.